The molecule has 1 aliphatic carbocycles. The highest BCUT2D eigenvalue weighted by Gasteiger charge is 2.29. The smallest absolute Gasteiger partial charge is 0.230 e. The van der Waals surface area contributed by atoms with Crippen molar-refractivity contribution in [2.45, 2.75) is 58.4 Å². The minimum absolute atomic E-state index is 0.137. The van der Waals surface area contributed by atoms with E-state index in [0.717, 1.165) is 73.6 Å². The molecule has 5 rings (SSSR count). The molecule has 0 radical (unpaired) electrons. The van der Waals surface area contributed by atoms with Crippen molar-refractivity contribution in [2.75, 3.05) is 30.5 Å². The fraction of sp³-hybridized carbons (Fsp3) is 0.480. The van der Waals surface area contributed by atoms with Crippen molar-refractivity contribution in [3.8, 4) is 11.4 Å². The molecule has 2 aliphatic rings. The molecule has 1 fully saturated rings. The Bertz CT molecular complexity index is 1160. The number of hydrogen-bond acceptors (Lipinski definition) is 7. The first kappa shape index (κ1) is 21.7. The van der Waals surface area contributed by atoms with Crippen LogP contribution in [0.2, 0.25) is 0 Å². The van der Waals surface area contributed by atoms with E-state index in [0.29, 0.717) is 11.8 Å². The number of methoxy groups -OCH3 is 1. The number of hydrogen-bond donors (Lipinski definition) is 2. The van der Waals surface area contributed by atoms with Gasteiger partial charge in [-0.25, -0.2) is 9.97 Å². The quantitative estimate of drug-likeness (QED) is 0.592. The van der Waals surface area contributed by atoms with E-state index in [1.54, 1.807) is 13.4 Å². The predicted molar refractivity (Wildman–Crippen MR) is 129 cm³/mol. The highest BCUT2D eigenvalue weighted by Crippen LogP contribution is 2.34. The average molecular weight is 449 g/mol. The molecule has 3 aromatic rings. The van der Waals surface area contributed by atoms with Crippen molar-refractivity contribution < 1.29 is 9.84 Å². The number of imidazole rings is 1. The minimum Gasteiger partial charge on any atom is -0.496 e. The molecule has 8 heteroatoms. The lowest BCUT2D eigenvalue weighted by atomic mass is 9.96. The summed E-state index contributed by atoms with van der Waals surface area (Å²) in [4.78, 5) is 16.6. The molecular formula is C25H32N6O2. The third-order valence-corrected chi connectivity index (χ3v) is 6.97. The van der Waals surface area contributed by atoms with Gasteiger partial charge in [0, 0.05) is 18.2 Å². The highest BCUT2D eigenvalue weighted by atomic mass is 16.5. The second kappa shape index (κ2) is 9.02. The molecule has 0 spiro atoms. The average Bonchev–Trinajstić information content (AvgIpc) is 3.50. The Morgan fingerprint density at radius 1 is 1.15 bits per heavy atom. The van der Waals surface area contributed by atoms with Gasteiger partial charge in [0.25, 0.3) is 0 Å². The monoisotopic (exact) mass is 448 g/mol. The summed E-state index contributed by atoms with van der Waals surface area (Å²) in [5.41, 5.74) is 5.66. The number of aliphatic hydroxyl groups excluding tert-OH is 1. The van der Waals surface area contributed by atoms with Crippen molar-refractivity contribution in [2.24, 2.45) is 0 Å². The Morgan fingerprint density at radius 2 is 2.00 bits per heavy atom. The molecule has 1 atom stereocenters. The highest BCUT2D eigenvalue weighted by molar-refractivity contribution is 5.58. The van der Waals surface area contributed by atoms with Crippen LogP contribution in [0.25, 0.3) is 5.69 Å². The van der Waals surface area contributed by atoms with Crippen LogP contribution in [0.5, 0.6) is 5.75 Å². The maximum Gasteiger partial charge on any atom is 0.230 e. The van der Waals surface area contributed by atoms with Crippen LogP contribution < -0.4 is 15.0 Å². The summed E-state index contributed by atoms with van der Waals surface area (Å²) in [6.07, 6.45) is 10.1. The number of fused-ring (bicyclic) bond motifs is 1. The van der Waals surface area contributed by atoms with Gasteiger partial charge in [-0.1, -0.05) is 0 Å². The van der Waals surface area contributed by atoms with Gasteiger partial charge >= 0.3 is 0 Å². The van der Waals surface area contributed by atoms with Crippen LogP contribution >= 0.6 is 0 Å². The number of ether oxygens (including phenoxy) is 1. The van der Waals surface area contributed by atoms with E-state index in [-0.39, 0.29) is 12.6 Å². The summed E-state index contributed by atoms with van der Waals surface area (Å²) >= 11 is 0. The fourth-order valence-electron chi connectivity index (χ4n) is 4.98. The molecule has 0 bridgehead atoms. The molecule has 1 aromatic carbocycles. The number of aromatic nitrogens is 4. The first-order valence-electron chi connectivity index (χ1n) is 11.8. The third-order valence-electron chi connectivity index (χ3n) is 6.97. The van der Waals surface area contributed by atoms with Gasteiger partial charge in [0.1, 0.15) is 17.9 Å². The summed E-state index contributed by atoms with van der Waals surface area (Å²) < 4.78 is 7.50. The standard InChI is InChI=1S/C25H32N6O2/c1-16-11-19(12-22(33-3)17(16)2)30-13-23(26-15-30)28-25-27-21-9-5-4-8-20(21)24(29-25)31-10-6-7-18(31)14-32/h11-13,15,18,32H,4-10,14H2,1-3H3,(H,27,28,29)/t18-/m1/s1. The Morgan fingerprint density at radius 3 is 2.82 bits per heavy atom. The van der Waals surface area contributed by atoms with Crippen molar-refractivity contribution in [3.63, 3.8) is 0 Å². The normalized spacial score (nSPS) is 17.8. The summed E-state index contributed by atoms with van der Waals surface area (Å²) in [7, 11) is 1.69. The minimum atomic E-state index is 0.137. The largest absolute Gasteiger partial charge is 0.496 e. The second-order valence-electron chi connectivity index (χ2n) is 9.06. The Balaban J connectivity index is 1.45. The Hall–Kier alpha value is -3.13. The van der Waals surface area contributed by atoms with E-state index >= 15 is 0 Å². The van der Waals surface area contributed by atoms with Crippen LogP contribution in [0.1, 0.15) is 48.1 Å². The first-order chi connectivity index (χ1) is 16.1. The second-order valence-corrected chi connectivity index (χ2v) is 9.06. The number of nitrogens with zero attached hydrogens (tertiary/aromatic N) is 5. The van der Waals surface area contributed by atoms with Crippen LogP contribution in [-0.2, 0) is 12.8 Å². The number of nitrogens with one attached hydrogen (secondary N) is 1. The molecule has 3 heterocycles. The number of aryl methyl sites for hydroxylation is 2. The molecule has 0 unspecified atom stereocenters. The summed E-state index contributed by atoms with van der Waals surface area (Å²) in [6, 6.07) is 4.28. The van der Waals surface area contributed by atoms with Crippen LogP contribution in [0.4, 0.5) is 17.6 Å². The van der Waals surface area contributed by atoms with E-state index in [1.165, 1.54) is 11.1 Å². The topological polar surface area (TPSA) is 88.3 Å². The van der Waals surface area contributed by atoms with Crippen molar-refractivity contribution in [3.05, 3.63) is 47.0 Å². The summed E-state index contributed by atoms with van der Waals surface area (Å²) in [5, 5.41) is 13.2. The van der Waals surface area contributed by atoms with E-state index < -0.39 is 0 Å². The van der Waals surface area contributed by atoms with Gasteiger partial charge in [0.2, 0.25) is 5.95 Å². The zero-order valence-electron chi connectivity index (χ0n) is 19.6. The van der Waals surface area contributed by atoms with Crippen molar-refractivity contribution in [1.82, 2.24) is 19.5 Å². The summed E-state index contributed by atoms with van der Waals surface area (Å²) in [5.74, 6) is 3.10. The van der Waals surface area contributed by atoms with Gasteiger partial charge in [0.15, 0.2) is 5.82 Å². The molecule has 1 aliphatic heterocycles. The fourth-order valence-corrected chi connectivity index (χ4v) is 4.98. The maximum absolute atomic E-state index is 9.87. The van der Waals surface area contributed by atoms with Gasteiger partial charge in [-0.3, -0.25) is 0 Å². The van der Waals surface area contributed by atoms with Gasteiger partial charge in [-0.15, -0.1) is 0 Å². The molecule has 174 valence electrons. The van der Waals surface area contributed by atoms with Crippen LogP contribution in [0.3, 0.4) is 0 Å². The van der Waals surface area contributed by atoms with Gasteiger partial charge < -0.3 is 24.6 Å². The zero-order valence-corrected chi connectivity index (χ0v) is 19.6. The SMILES string of the molecule is COc1cc(-n2cnc(Nc3nc4c(c(N5CCC[C@@H]5CO)n3)CCCC4)c2)cc(C)c1C. The number of benzene rings is 1. The third kappa shape index (κ3) is 4.15. The van der Waals surface area contributed by atoms with Crippen LogP contribution in [-0.4, -0.2) is 50.9 Å². The number of rotatable bonds is 6. The molecular weight excluding hydrogens is 416 g/mol. The maximum atomic E-state index is 9.87. The first-order valence-corrected chi connectivity index (χ1v) is 11.8. The molecule has 2 aromatic heterocycles. The Kier molecular flexibility index (Phi) is 5.93. The summed E-state index contributed by atoms with van der Waals surface area (Å²) in [6.45, 7) is 5.23. The molecule has 0 amide bonds. The van der Waals surface area contributed by atoms with E-state index in [1.807, 2.05) is 16.8 Å². The van der Waals surface area contributed by atoms with Crippen molar-refractivity contribution in [1.29, 1.82) is 0 Å². The predicted octanol–water partition coefficient (Wildman–Crippen LogP) is 3.87. The molecule has 2 N–H and O–H groups in total. The lowest BCUT2D eigenvalue weighted by Crippen LogP contribution is -2.34. The number of aliphatic hydroxyl groups is 1. The molecule has 0 saturated carbocycles. The lowest BCUT2D eigenvalue weighted by Gasteiger charge is -2.29. The van der Waals surface area contributed by atoms with Crippen molar-refractivity contribution >= 4 is 17.6 Å². The molecule has 1 saturated heterocycles. The Labute approximate surface area is 194 Å². The van der Waals surface area contributed by atoms with Gasteiger partial charge in [-0.2, -0.15) is 4.98 Å². The van der Waals surface area contributed by atoms with E-state index in [2.05, 4.69) is 35.1 Å². The zero-order chi connectivity index (χ0) is 22.9. The van der Waals surface area contributed by atoms with Crippen LogP contribution in [0.15, 0.2) is 24.7 Å². The van der Waals surface area contributed by atoms with Gasteiger partial charge in [0.05, 0.1) is 37.3 Å². The number of anilines is 3. The van der Waals surface area contributed by atoms with E-state index in [9.17, 15) is 5.11 Å². The van der Waals surface area contributed by atoms with Gasteiger partial charge in [-0.05, 0) is 69.6 Å². The van der Waals surface area contributed by atoms with Crippen LogP contribution in [0, 0.1) is 13.8 Å². The molecule has 8 nitrogen and oxygen atoms in total. The lowest BCUT2D eigenvalue weighted by molar-refractivity contribution is 0.266. The van der Waals surface area contributed by atoms with E-state index in [4.69, 9.17) is 14.7 Å². The molecule has 33 heavy (non-hydrogen) atoms.